The number of hydrogen-bond donors (Lipinski definition) is 1. The van der Waals surface area contributed by atoms with Crippen LogP contribution >= 0.6 is 0 Å². The molecule has 2 rings (SSSR count). The number of ether oxygens (including phenoxy) is 1. The lowest BCUT2D eigenvalue weighted by molar-refractivity contribution is 0.390. The maximum absolute atomic E-state index is 5.66. The van der Waals surface area contributed by atoms with Crippen LogP contribution in [-0.2, 0) is 6.54 Å². The average Bonchev–Trinajstić information content (AvgIpc) is 2.55. The Morgan fingerprint density at radius 3 is 2.80 bits per heavy atom. The lowest BCUT2D eigenvalue weighted by Crippen LogP contribution is -2.01. The smallest absolute Gasteiger partial charge is 0.239 e. The Morgan fingerprint density at radius 2 is 2.20 bits per heavy atom. The third kappa shape index (κ3) is 1.45. The molecule has 0 aliphatic carbocycles. The zero-order valence-electron chi connectivity index (χ0n) is 9.11. The maximum atomic E-state index is 5.66. The minimum Gasteiger partial charge on any atom is -0.480 e. The van der Waals surface area contributed by atoms with Crippen LogP contribution in [0.5, 0.6) is 5.88 Å². The molecule has 0 aromatic carbocycles. The molecule has 0 aliphatic heterocycles. The summed E-state index contributed by atoms with van der Waals surface area (Å²) in [5, 5.41) is 4.29. The summed E-state index contributed by atoms with van der Waals surface area (Å²) in [5.74, 6) is 0.554. The van der Waals surface area contributed by atoms with Crippen LogP contribution < -0.4 is 10.5 Å². The standard InChI is InChI=1S/C10H14N4O/c1-6-4-7(2)14-9(12-6)8(5-11)10(13-14)15-3/h4H,5,11H2,1-3H3. The van der Waals surface area contributed by atoms with E-state index in [9.17, 15) is 0 Å². The summed E-state index contributed by atoms with van der Waals surface area (Å²) in [6.07, 6.45) is 0. The molecule has 0 radical (unpaired) electrons. The first-order valence-electron chi connectivity index (χ1n) is 4.77. The van der Waals surface area contributed by atoms with E-state index in [2.05, 4.69) is 10.1 Å². The lowest BCUT2D eigenvalue weighted by atomic mass is 10.3. The largest absolute Gasteiger partial charge is 0.480 e. The van der Waals surface area contributed by atoms with Gasteiger partial charge in [-0.2, -0.15) is 0 Å². The Bertz CT molecular complexity index is 504. The van der Waals surface area contributed by atoms with Gasteiger partial charge in [0.2, 0.25) is 5.88 Å². The summed E-state index contributed by atoms with van der Waals surface area (Å²) < 4.78 is 6.92. The first kappa shape index (κ1) is 9.92. The highest BCUT2D eigenvalue weighted by atomic mass is 16.5. The number of fused-ring (bicyclic) bond motifs is 1. The lowest BCUT2D eigenvalue weighted by Gasteiger charge is -2.00. The van der Waals surface area contributed by atoms with Gasteiger partial charge in [0.15, 0.2) is 5.65 Å². The van der Waals surface area contributed by atoms with Gasteiger partial charge >= 0.3 is 0 Å². The van der Waals surface area contributed by atoms with Gasteiger partial charge in [-0.3, -0.25) is 0 Å². The van der Waals surface area contributed by atoms with Crippen molar-refractivity contribution < 1.29 is 4.74 Å². The Hall–Kier alpha value is -1.62. The molecule has 0 atom stereocenters. The van der Waals surface area contributed by atoms with E-state index in [1.54, 1.807) is 11.6 Å². The van der Waals surface area contributed by atoms with E-state index < -0.39 is 0 Å². The summed E-state index contributed by atoms with van der Waals surface area (Å²) >= 11 is 0. The van der Waals surface area contributed by atoms with Crippen molar-refractivity contribution in [2.24, 2.45) is 5.73 Å². The van der Waals surface area contributed by atoms with E-state index in [1.807, 2.05) is 19.9 Å². The number of aromatic nitrogens is 3. The molecule has 0 spiro atoms. The summed E-state index contributed by atoms with van der Waals surface area (Å²) in [6.45, 7) is 4.31. The van der Waals surface area contributed by atoms with Crippen LogP contribution in [0.3, 0.4) is 0 Å². The van der Waals surface area contributed by atoms with Gasteiger partial charge < -0.3 is 10.5 Å². The van der Waals surface area contributed by atoms with E-state index in [1.165, 1.54) is 0 Å². The van der Waals surface area contributed by atoms with Gasteiger partial charge in [0, 0.05) is 17.9 Å². The molecule has 0 bridgehead atoms. The first-order valence-corrected chi connectivity index (χ1v) is 4.77. The van der Waals surface area contributed by atoms with Crippen LogP contribution in [0.15, 0.2) is 6.07 Å². The van der Waals surface area contributed by atoms with Gasteiger partial charge in [-0.1, -0.05) is 0 Å². The second-order valence-electron chi connectivity index (χ2n) is 3.47. The maximum Gasteiger partial charge on any atom is 0.239 e. The number of methoxy groups -OCH3 is 1. The van der Waals surface area contributed by atoms with Crippen LogP contribution in [0.1, 0.15) is 17.0 Å². The fourth-order valence-corrected chi connectivity index (χ4v) is 1.69. The van der Waals surface area contributed by atoms with Crippen molar-refractivity contribution in [2.75, 3.05) is 7.11 Å². The summed E-state index contributed by atoms with van der Waals surface area (Å²) in [5.41, 5.74) is 9.28. The van der Waals surface area contributed by atoms with Gasteiger partial charge in [-0.05, 0) is 19.9 Å². The van der Waals surface area contributed by atoms with Crippen LogP contribution in [0, 0.1) is 13.8 Å². The van der Waals surface area contributed by atoms with Crippen LogP contribution in [0.2, 0.25) is 0 Å². The molecule has 0 saturated heterocycles. The van der Waals surface area contributed by atoms with Gasteiger partial charge in [0.1, 0.15) is 0 Å². The van der Waals surface area contributed by atoms with Crippen LogP contribution in [0.25, 0.3) is 5.65 Å². The molecule has 80 valence electrons. The van der Waals surface area contributed by atoms with E-state index in [0.29, 0.717) is 12.4 Å². The number of rotatable bonds is 2. The minimum atomic E-state index is 0.378. The third-order valence-corrected chi connectivity index (χ3v) is 2.35. The molecule has 15 heavy (non-hydrogen) atoms. The minimum absolute atomic E-state index is 0.378. The molecule has 0 amide bonds. The highest BCUT2D eigenvalue weighted by Gasteiger charge is 2.14. The van der Waals surface area contributed by atoms with Crippen molar-refractivity contribution in [1.82, 2.24) is 14.6 Å². The monoisotopic (exact) mass is 206 g/mol. The topological polar surface area (TPSA) is 65.4 Å². The molecule has 0 saturated carbocycles. The molecule has 0 aliphatic rings. The number of aryl methyl sites for hydroxylation is 2. The summed E-state index contributed by atoms with van der Waals surface area (Å²) in [7, 11) is 1.59. The van der Waals surface area contributed by atoms with Crippen molar-refractivity contribution >= 4 is 5.65 Å². The Labute approximate surface area is 87.9 Å². The van der Waals surface area contributed by atoms with Gasteiger partial charge in [0.05, 0.1) is 12.7 Å². The molecular weight excluding hydrogens is 192 g/mol. The zero-order valence-corrected chi connectivity index (χ0v) is 9.11. The molecular formula is C10H14N4O. The predicted octanol–water partition coefficient (Wildman–Crippen LogP) is 0.813. The van der Waals surface area contributed by atoms with Crippen molar-refractivity contribution in [1.29, 1.82) is 0 Å². The van der Waals surface area contributed by atoms with E-state index >= 15 is 0 Å². The highest BCUT2D eigenvalue weighted by molar-refractivity contribution is 5.54. The molecule has 5 heteroatoms. The Kier molecular flexibility index (Phi) is 2.32. The molecule has 2 N–H and O–H groups in total. The van der Waals surface area contributed by atoms with Crippen molar-refractivity contribution in [3.05, 3.63) is 23.0 Å². The second-order valence-corrected chi connectivity index (χ2v) is 3.47. The zero-order chi connectivity index (χ0) is 11.0. The van der Waals surface area contributed by atoms with Gasteiger partial charge in [0.25, 0.3) is 0 Å². The average molecular weight is 206 g/mol. The second kappa shape index (κ2) is 3.51. The fraction of sp³-hybridized carbons (Fsp3) is 0.400. The quantitative estimate of drug-likeness (QED) is 0.789. The molecule has 0 unspecified atom stereocenters. The third-order valence-electron chi connectivity index (χ3n) is 2.35. The first-order chi connectivity index (χ1) is 7.17. The molecule has 2 aromatic rings. The number of nitrogens with zero attached hydrogens (tertiary/aromatic N) is 3. The van der Waals surface area contributed by atoms with Crippen molar-refractivity contribution in [3.63, 3.8) is 0 Å². The van der Waals surface area contributed by atoms with Crippen molar-refractivity contribution in [2.45, 2.75) is 20.4 Å². The van der Waals surface area contributed by atoms with E-state index in [-0.39, 0.29) is 0 Å². The molecule has 2 heterocycles. The summed E-state index contributed by atoms with van der Waals surface area (Å²) in [4.78, 5) is 4.42. The number of nitrogens with two attached hydrogens (primary N) is 1. The number of hydrogen-bond acceptors (Lipinski definition) is 4. The van der Waals surface area contributed by atoms with Gasteiger partial charge in [-0.15, -0.1) is 5.10 Å². The fourth-order valence-electron chi connectivity index (χ4n) is 1.69. The van der Waals surface area contributed by atoms with Crippen LogP contribution in [-0.4, -0.2) is 21.7 Å². The van der Waals surface area contributed by atoms with Crippen molar-refractivity contribution in [3.8, 4) is 5.88 Å². The van der Waals surface area contributed by atoms with E-state index in [0.717, 1.165) is 22.6 Å². The highest BCUT2D eigenvalue weighted by Crippen LogP contribution is 2.21. The summed E-state index contributed by atoms with van der Waals surface area (Å²) in [6, 6.07) is 1.97. The van der Waals surface area contributed by atoms with Gasteiger partial charge in [-0.25, -0.2) is 9.50 Å². The van der Waals surface area contributed by atoms with Crippen LogP contribution in [0.4, 0.5) is 0 Å². The van der Waals surface area contributed by atoms with E-state index in [4.69, 9.17) is 10.5 Å². The Balaban J connectivity index is 2.82. The molecule has 2 aromatic heterocycles. The molecule has 5 nitrogen and oxygen atoms in total. The molecule has 0 fully saturated rings. The predicted molar refractivity (Wildman–Crippen MR) is 56.9 cm³/mol. The SMILES string of the molecule is COc1nn2c(C)cc(C)nc2c1CN. The normalized spacial score (nSPS) is 10.9. The Morgan fingerprint density at radius 1 is 1.47 bits per heavy atom.